The first-order valence-electron chi connectivity index (χ1n) is 5.86. The summed E-state index contributed by atoms with van der Waals surface area (Å²) in [4.78, 5) is 12.2. The van der Waals surface area contributed by atoms with E-state index in [0.717, 1.165) is 16.7 Å². The topological polar surface area (TPSA) is 37.3 Å². The number of rotatable bonds is 1. The molecule has 0 bridgehead atoms. The van der Waals surface area contributed by atoms with Crippen LogP contribution in [0.2, 0.25) is 0 Å². The number of aromatic hydroxyl groups is 1. The van der Waals surface area contributed by atoms with Crippen LogP contribution >= 0.6 is 0 Å². The molecule has 0 aromatic heterocycles. The molecule has 0 saturated heterocycles. The third kappa shape index (κ3) is 1.82. The van der Waals surface area contributed by atoms with E-state index in [4.69, 9.17) is 0 Å². The summed E-state index contributed by atoms with van der Waals surface area (Å²) >= 11 is 0. The molecule has 0 radical (unpaired) electrons. The summed E-state index contributed by atoms with van der Waals surface area (Å²) in [6, 6.07) is 14.7. The van der Waals surface area contributed by atoms with Crippen LogP contribution in [0.3, 0.4) is 0 Å². The summed E-state index contributed by atoms with van der Waals surface area (Å²) in [5.41, 5.74) is 3.41. The van der Waals surface area contributed by atoms with Gasteiger partial charge in [0.2, 0.25) is 0 Å². The number of phenolic OH excluding ortho intramolecular Hbond substituents is 1. The van der Waals surface area contributed by atoms with Gasteiger partial charge >= 0.3 is 0 Å². The Morgan fingerprint density at radius 3 is 2.61 bits per heavy atom. The maximum absolute atomic E-state index is 12.2. The van der Waals surface area contributed by atoms with Crippen molar-refractivity contribution in [2.45, 2.75) is 6.42 Å². The Morgan fingerprint density at radius 2 is 1.83 bits per heavy atom. The molecule has 0 fully saturated rings. The maximum atomic E-state index is 12.2. The maximum Gasteiger partial charge on any atom is 0.189 e. The molecule has 0 aliphatic heterocycles. The van der Waals surface area contributed by atoms with Crippen molar-refractivity contribution < 1.29 is 9.90 Å². The van der Waals surface area contributed by atoms with Gasteiger partial charge in [-0.2, -0.15) is 0 Å². The lowest BCUT2D eigenvalue weighted by Gasteiger charge is -1.95. The van der Waals surface area contributed by atoms with Gasteiger partial charge in [0.05, 0.1) is 0 Å². The molecule has 2 aromatic carbocycles. The fraction of sp³-hybridized carbons (Fsp3) is 0.0625. The van der Waals surface area contributed by atoms with E-state index < -0.39 is 0 Å². The average molecular weight is 236 g/mol. The molecule has 3 rings (SSSR count). The zero-order valence-corrected chi connectivity index (χ0v) is 9.76. The van der Waals surface area contributed by atoms with Crippen LogP contribution in [0.25, 0.3) is 6.08 Å². The van der Waals surface area contributed by atoms with Gasteiger partial charge in [-0.25, -0.2) is 0 Å². The number of hydrogen-bond donors (Lipinski definition) is 1. The van der Waals surface area contributed by atoms with Crippen molar-refractivity contribution in [1.29, 1.82) is 0 Å². The van der Waals surface area contributed by atoms with E-state index in [2.05, 4.69) is 0 Å². The molecular weight excluding hydrogens is 224 g/mol. The van der Waals surface area contributed by atoms with Crippen LogP contribution in [-0.4, -0.2) is 10.9 Å². The van der Waals surface area contributed by atoms with Crippen molar-refractivity contribution >= 4 is 11.9 Å². The van der Waals surface area contributed by atoms with Crippen molar-refractivity contribution in [3.63, 3.8) is 0 Å². The predicted octanol–water partition coefficient (Wildman–Crippen LogP) is 3.21. The predicted molar refractivity (Wildman–Crippen MR) is 70.6 cm³/mol. The fourth-order valence-electron chi connectivity index (χ4n) is 2.27. The Labute approximate surface area is 105 Å². The van der Waals surface area contributed by atoms with Gasteiger partial charge in [0, 0.05) is 17.6 Å². The monoisotopic (exact) mass is 236 g/mol. The molecule has 2 aromatic rings. The molecule has 0 heterocycles. The van der Waals surface area contributed by atoms with E-state index in [1.54, 1.807) is 18.2 Å². The van der Waals surface area contributed by atoms with E-state index in [1.165, 1.54) is 0 Å². The number of carbonyl (C=O) groups is 1. The van der Waals surface area contributed by atoms with Gasteiger partial charge in [-0.3, -0.25) is 4.79 Å². The van der Waals surface area contributed by atoms with Crippen molar-refractivity contribution in [3.05, 3.63) is 70.8 Å². The highest BCUT2D eigenvalue weighted by atomic mass is 16.3. The smallest absolute Gasteiger partial charge is 0.189 e. The summed E-state index contributed by atoms with van der Waals surface area (Å²) in [5.74, 6) is 0.274. The van der Waals surface area contributed by atoms with Gasteiger partial charge in [0.25, 0.3) is 0 Å². The average Bonchev–Trinajstić information content (AvgIpc) is 2.67. The van der Waals surface area contributed by atoms with Crippen LogP contribution in [-0.2, 0) is 6.42 Å². The van der Waals surface area contributed by atoms with Crippen molar-refractivity contribution in [2.24, 2.45) is 0 Å². The largest absolute Gasteiger partial charge is 0.508 e. The number of allylic oxidation sites excluding steroid dienone is 1. The summed E-state index contributed by atoms with van der Waals surface area (Å²) in [6.07, 6.45) is 2.51. The quantitative estimate of drug-likeness (QED) is 0.772. The van der Waals surface area contributed by atoms with Gasteiger partial charge in [-0.15, -0.1) is 0 Å². The normalized spacial score (nSPS) is 16.0. The first-order chi connectivity index (χ1) is 8.74. The molecule has 0 amide bonds. The Morgan fingerprint density at radius 1 is 1.06 bits per heavy atom. The summed E-state index contributed by atoms with van der Waals surface area (Å²) in [5, 5.41) is 9.43. The molecule has 18 heavy (non-hydrogen) atoms. The number of fused-ring (bicyclic) bond motifs is 1. The number of phenols is 1. The second kappa shape index (κ2) is 4.15. The van der Waals surface area contributed by atoms with E-state index in [9.17, 15) is 9.90 Å². The minimum atomic E-state index is 0.0638. The van der Waals surface area contributed by atoms with Crippen LogP contribution in [0.15, 0.2) is 54.1 Å². The Kier molecular flexibility index (Phi) is 2.49. The highest BCUT2D eigenvalue weighted by Gasteiger charge is 2.24. The standard InChI is InChI=1S/C16H12O2/c17-14-6-7-15-12(10-14)9-13(16(15)18)8-11-4-2-1-3-5-11/h1-8,10,17H,9H2/b13-8+. The molecule has 2 nitrogen and oxygen atoms in total. The molecule has 1 N–H and O–H groups in total. The summed E-state index contributed by atoms with van der Waals surface area (Å²) in [6.45, 7) is 0. The number of ketones is 1. The lowest BCUT2D eigenvalue weighted by molar-refractivity contribution is 0.104. The number of Topliss-reactive ketones (excluding diaryl/α,β-unsaturated/α-hetero) is 1. The Balaban J connectivity index is 2.00. The summed E-state index contributed by atoms with van der Waals surface area (Å²) < 4.78 is 0. The SMILES string of the molecule is O=C1/C(=C/c2ccccc2)Cc2cc(O)ccc21. The highest BCUT2D eigenvalue weighted by molar-refractivity contribution is 6.15. The number of carbonyl (C=O) groups excluding carboxylic acids is 1. The number of benzene rings is 2. The van der Waals surface area contributed by atoms with E-state index in [0.29, 0.717) is 12.0 Å². The van der Waals surface area contributed by atoms with Gasteiger partial charge in [0.1, 0.15) is 5.75 Å². The lowest BCUT2D eigenvalue weighted by atomic mass is 10.1. The first kappa shape index (κ1) is 10.8. The second-order valence-corrected chi connectivity index (χ2v) is 4.43. The third-order valence-corrected chi connectivity index (χ3v) is 3.15. The lowest BCUT2D eigenvalue weighted by Crippen LogP contribution is -1.94. The van der Waals surface area contributed by atoms with Crippen LogP contribution in [0.4, 0.5) is 0 Å². The van der Waals surface area contributed by atoms with Gasteiger partial charge in [-0.1, -0.05) is 30.3 Å². The van der Waals surface area contributed by atoms with Crippen molar-refractivity contribution in [2.75, 3.05) is 0 Å². The molecule has 1 aliphatic carbocycles. The van der Waals surface area contributed by atoms with Crippen LogP contribution < -0.4 is 0 Å². The minimum absolute atomic E-state index is 0.0638. The first-order valence-corrected chi connectivity index (χ1v) is 5.86. The van der Waals surface area contributed by atoms with Crippen LogP contribution in [0, 0.1) is 0 Å². The molecule has 0 spiro atoms. The number of hydrogen-bond acceptors (Lipinski definition) is 2. The molecule has 2 heteroatoms. The van der Waals surface area contributed by atoms with Crippen LogP contribution in [0.5, 0.6) is 5.75 Å². The molecule has 88 valence electrons. The zero-order chi connectivity index (χ0) is 12.5. The fourth-order valence-corrected chi connectivity index (χ4v) is 2.27. The molecule has 0 atom stereocenters. The molecule has 0 unspecified atom stereocenters. The zero-order valence-electron chi connectivity index (χ0n) is 9.76. The molecular formula is C16H12O2. The molecule has 0 saturated carbocycles. The third-order valence-electron chi connectivity index (χ3n) is 3.15. The Hall–Kier alpha value is -2.35. The summed E-state index contributed by atoms with van der Waals surface area (Å²) in [7, 11) is 0. The van der Waals surface area contributed by atoms with Crippen molar-refractivity contribution in [1.82, 2.24) is 0 Å². The second-order valence-electron chi connectivity index (χ2n) is 4.43. The van der Waals surface area contributed by atoms with Gasteiger partial charge < -0.3 is 5.11 Å². The van der Waals surface area contributed by atoms with E-state index in [-0.39, 0.29) is 11.5 Å². The van der Waals surface area contributed by atoms with E-state index >= 15 is 0 Å². The van der Waals surface area contributed by atoms with Gasteiger partial charge in [0.15, 0.2) is 5.78 Å². The van der Waals surface area contributed by atoms with Gasteiger partial charge in [-0.05, 0) is 35.4 Å². The highest BCUT2D eigenvalue weighted by Crippen LogP contribution is 2.30. The van der Waals surface area contributed by atoms with Crippen LogP contribution in [0.1, 0.15) is 21.5 Å². The van der Waals surface area contributed by atoms with E-state index in [1.807, 2.05) is 36.4 Å². The molecule has 1 aliphatic rings. The van der Waals surface area contributed by atoms with Crippen molar-refractivity contribution in [3.8, 4) is 5.75 Å². The minimum Gasteiger partial charge on any atom is -0.508 e. The Bertz CT molecular complexity index is 639.